The minimum Gasteiger partial charge on any atom is -0.295 e. The Morgan fingerprint density at radius 3 is 1.75 bits per heavy atom. The van der Waals surface area contributed by atoms with Gasteiger partial charge in [-0.3, -0.25) is 14.9 Å². The topological polar surface area (TPSA) is 46.2 Å². The summed E-state index contributed by atoms with van der Waals surface area (Å²) in [6, 6.07) is 0. The van der Waals surface area contributed by atoms with E-state index in [0.29, 0.717) is 12.8 Å². The second-order valence-corrected chi connectivity index (χ2v) is 3.37. The third-order valence-electron chi connectivity index (χ3n) is 2.45. The largest absolute Gasteiger partial charge is 0.295 e. The van der Waals surface area contributed by atoms with Crippen LogP contribution in [0, 0.1) is 5.41 Å². The second-order valence-electron chi connectivity index (χ2n) is 3.37. The van der Waals surface area contributed by atoms with E-state index in [1.807, 2.05) is 13.8 Å². The zero-order valence-corrected chi connectivity index (χ0v) is 7.64. The molecule has 0 aliphatic carbocycles. The van der Waals surface area contributed by atoms with Crippen LogP contribution >= 0.6 is 0 Å². The summed E-state index contributed by atoms with van der Waals surface area (Å²) in [5, 5.41) is 2.29. The fraction of sp³-hybridized carbons (Fsp3) is 0.778. The maximum atomic E-state index is 11.2. The molecule has 0 spiro atoms. The van der Waals surface area contributed by atoms with Crippen molar-refractivity contribution in [3.8, 4) is 0 Å². The predicted molar refractivity (Wildman–Crippen MR) is 45.4 cm³/mol. The fourth-order valence-electron chi connectivity index (χ4n) is 1.82. The van der Waals surface area contributed by atoms with Crippen LogP contribution in [0.4, 0.5) is 0 Å². The van der Waals surface area contributed by atoms with Crippen molar-refractivity contribution < 1.29 is 9.59 Å². The van der Waals surface area contributed by atoms with Crippen molar-refractivity contribution in [1.82, 2.24) is 5.32 Å². The highest BCUT2D eigenvalue weighted by Crippen LogP contribution is 2.36. The molecule has 0 radical (unpaired) electrons. The van der Waals surface area contributed by atoms with Crippen LogP contribution < -0.4 is 5.32 Å². The maximum absolute atomic E-state index is 11.2. The van der Waals surface area contributed by atoms with Gasteiger partial charge in [0.25, 0.3) is 0 Å². The first-order valence-electron chi connectivity index (χ1n) is 4.53. The third kappa shape index (κ3) is 1.13. The number of nitrogens with one attached hydrogen (secondary N) is 1. The van der Waals surface area contributed by atoms with Crippen LogP contribution in [0.15, 0.2) is 0 Å². The van der Waals surface area contributed by atoms with Gasteiger partial charge < -0.3 is 0 Å². The molecule has 1 fully saturated rings. The number of rotatable bonds is 4. The highest BCUT2D eigenvalue weighted by molar-refractivity contribution is 6.21. The van der Waals surface area contributed by atoms with E-state index in [-0.39, 0.29) is 11.8 Å². The van der Waals surface area contributed by atoms with E-state index in [1.165, 1.54) is 0 Å². The molecule has 1 saturated heterocycles. The second kappa shape index (κ2) is 3.25. The molecule has 0 atom stereocenters. The van der Waals surface area contributed by atoms with Crippen LogP contribution in [0.3, 0.4) is 0 Å². The lowest BCUT2D eigenvalue weighted by atomic mass is 9.72. The Balaban J connectivity index is 2.71. The number of carbonyl (C=O) groups excluding carboxylic acids is 2. The van der Waals surface area contributed by atoms with Gasteiger partial charge in [-0.15, -0.1) is 0 Å². The van der Waals surface area contributed by atoms with Gasteiger partial charge in [-0.2, -0.15) is 0 Å². The first kappa shape index (κ1) is 9.23. The van der Waals surface area contributed by atoms with Crippen LogP contribution in [0.5, 0.6) is 0 Å². The summed E-state index contributed by atoms with van der Waals surface area (Å²) >= 11 is 0. The number of carbonyl (C=O) groups is 2. The Hall–Kier alpha value is -0.860. The molecule has 68 valence electrons. The molecule has 0 bridgehead atoms. The Kier molecular flexibility index (Phi) is 2.50. The van der Waals surface area contributed by atoms with E-state index in [2.05, 4.69) is 5.32 Å². The molecule has 1 aliphatic rings. The van der Waals surface area contributed by atoms with E-state index in [4.69, 9.17) is 0 Å². The molecular formula is C9H15NO2. The first-order valence-corrected chi connectivity index (χ1v) is 4.53. The van der Waals surface area contributed by atoms with Gasteiger partial charge in [0.15, 0.2) is 0 Å². The molecular weight excluding hydrogens is 154 g/mol. The van der Waals surface area contributed by atoms with Crippen LogP contribution in [0.2, 0.25) is 0 Å². The summed E-state index contributed by atoms with van der Waals surface area (Å²) in [6.45, 7) is 3.99. The molecule has 1 N–H and O–H groups in total. The minimum atomic E-state index is -0.649. The standard InChI is InChI=1S/C9H15NO2/c1-3-5-9(6-4-2)7(11)10-8(9)12/h3-6H2,1-2H3,(H,10,11,12). The van der Waals surface area contributed by atoms with Crippen molar-refractivity contribution in [2.24, 2.45) is 5.41 Å². The summed E-state index contributed by atoms with van der Waals surface area (Å²) in [5.41, 5.74) is -0.649. The first-order chi connectivity index (χ1) is 5.67. The van der Waals surface area contributed by atoms with E-state index >= 15 is 0 Å². The van der Waals surface area contributed by atoms with E-state index in [9.17, 15) is 9.59 Å². The smallest absolute Gasteiger partial charge is 0.242 e. The van der Waals surface area contributed by atoms with Crippen molar-refractivity contribution in [3.05, 3.63) is 0 Å². The van der Waals surface area contributed by atoms with Gasteiger partial charge in [-0.1, -0.05) is 26.7 Å². The Bertz CT molecular complexity index is 189. The molecule has 3 heteroatoms. The lowest BCUT2D eigenvalue weighted by molar-refractivity contribution is -0.159. The molecule has 12 heavy (non-hydrogen) atoms. The van der Waals surface area contributed by atoms with Gasteiger partial charge in [0.2, 0.25) is 11.8 Å². The van der Waals surface area contributed by atoms with Gasteiger partial charge >= 0.3 is 0 Å². The SMILES string of the molecule is CCCC1(CCC)C(=O)NC1=O. The molecule has 0 unspecified atom stereocenters. The quantitative estimate of drug-likeness (QED) is 0.508. The summed E-state index contributed by atoms with van der Waals surface area (Å²) in [7, 11) is 0. The van der Waals surface area contributed by atoms with Crippen LogP contribution in [0.1, 0.15) is 39.5 Å². The van der Waals surface area contributed by atoms with Gasteiger partial charge in [-0.05, 0) is 12.8 Å². The summed E-state index contributed by atoms with van der Waals surface area (Å²) in [5.74, 6) is -0.146. The van der Waals surface area contributed by atoms with Crippen LogP contribution in [-0.2, 0) is 9.59 Å². The van der Waals surface area contributed by atoms with Crippen molar-refractivity contribution >= 4 is 11.8 Å². The van der Waals surface area contributed by atoms with Crippen molar-refractivity contribution in [2.75, 3.05) is 0 Å². The Morgan fingerprint density at radius 2 is 1.50 bits per heavy atom. The van der Waals surface area contributed by atoms with Gasteiger partial charge in [0.1, 0.15) is 5.41 Å². The van der Waals surface area contributed by atoms with Gasteiger partial charge in [0, 0.05) is 0 Å². The molecule has 1 rings (SSSR count). The maximum Gasteiger partial charge on any atom is 0.242 e. The van der Waals surface area contributed by atoms with Crippen LogP contribution in [-0.4, -0.2) is 11.8 Å². The Morgan fingerprint density at radius 1 is 1.08 bits per heavy atom. The molecule has 0 saturated carbocycles. The number of amides is 2. The average molecular weight is 169 g/mol. The lowest BCUT2D eigenvalue weighted by Crippen LogP contribution is -2.63. The number of imide groups is 1. The predicted octanol–water partition coefficient (Wildman–Crippen LogP) is 1.23. The van der Waals surface area contributed by atoms with Crippen molar-refractivity contribution in [1.29, 1.82) is 0 Å². The van der Waals surface area contributed by atoms with Crippen molar-refractivity contribution in [3.63, 3.8) is 0 Å². The highest BCUT2D eigenvalue weighted by Gasteiger charge is 2.53. The number of β-lactam (4-membered cyclic amide) rings is 2. The molecule has 0 aromatic rings. The lowest BCUT2D eigenvalue weighted by Gasteiger charge is -2.38. The van der Waals surface area contributed by atoms with E-state index < -0.39 is 5.41 Å². The van der Waals surface area contributed by atoms with E-state index in [1.54, 1.807) is 0 Å². The average Bonchev–Trinajstić information content (AvgIpc) is 2.04. The van der Waals surface area contributed by atoms with Gasteiger partial charge in [-0.25, -0.2) is 0 Å². The number of hydrogen-bond donors (Lipinski definition) is 1. The minimum absolute atomic E-state index is 0.0730. The van der Waals surface area contributed by atoms with E-state index in [0.717, 1.165) is 12.8 Å². The zero-order valence-electron chi connectivity index (χ0n) is 7.64. The summed E-state index contributed by atoms with van der Waals surface area (Å²) in [4.78, 5) is 22.4. The molecule has 2 amide bonds. The molecule has 0 aromatic heterocycles. The molecule has 1 aliphatic heterocycles. The molecule has 1 heterocycles. The molecule has 3 nitrogen and oxygen atoms in total. The monoisotopic (exact) mass is 169 g/mol. The third-order valence-corrected chi connectivity index (χ3v) is 2.45. The fourth-order valence-corrected chi connectivity index (χ4v) is 1.82. The normalized spacial score (nSPS) is 20.2. The summed E-state index contributed by atoms with van der Waals surface area (Å²) < 4.78 is 0. The van der Waals surface area contributed by atoms with Crippen LogP contribution in [0.25, 0.3) is 0 Å². The highest BCUT2D eigenvalue weighted by atomic mass is 16.2. The van der Waals surface area contributed by atoms with Gasteiger partial charge in [0.05, 0.1) is 0 Å². The zero-order chi connectivity index (χ0) is 9.19. The number of hydrogen-bond acceptors (Lipinski definition) is 2. The summed E-state index contributed by atoms with van der Waals surface area (Å²) in [6.07, 6.45) is 3.18. The van der Waals surface area contributed by atoms with Crippen molar-refractivity contribution in [2.45, 2.75) is 39.5 Å². The Labute approximate surface area is 72.5 Å². The molecule has 0 aromatic carbocycles.